The summed E-state index contributed by atoms with van der Waals surface area (Å²) in [5.74, 6) is 0.273. The van der Waals surface area contributed by atoms with E-state index in [2.05, 4.69) is 6.58 Å². The molecule has 0 saturated carbocycles. The van der Waals surface area contributed by atoms with E-state index in [1.54, 1.807) is 35.2 Å². The van der Waals surface area contributed by atoms with Crippen molar-refractivity contribution < 1.29 is 28.9 Å². The molecule has 2 atom stereocenters. The first-order chi connectivity index (χ1) is 18.2. The largest absolute Gasteiger partial charge is 0.507 e. The summed E-state index contributed by atoms with van der Waals surface area (Å²) in [6.07, 6.45) is 3.07. The molecule has 0 unspecified atom stereocenters. The normalized spacial score (nSPS) is 20.0. The summed E-state index contributed by atoms with van der Waals surface area (Å²) in [5.41, 5.74) is 2.16. The third kappa shape index (κ3) is 5.55. The van der Waals surface area contributed by atoms with E-state index >= 15 is 0 Å². The Kier molecular flexibility index (Phi) is 8.42. The van der Waals surface area contributed by atoms with Crippen LogP contribution in [0.1, 0.15) is 43.0 Å². The van der Waals surface area contributed by atoms with Gasteiger partial charge >= 0.3 is 0 Å². The molecule has 2 aromatic rings. The molecular formula is C30H36N2O6. The molecule has 0 aromatic heterocycles. The number of Topliss-reactive ketones (excluding diaryl/α,β-unsaturated/α-hetero) is 1. The quantitative estimate of drug-likeness (QED) is 0.204. The number of rotatable bonds is 11. The summed E-state index contributed by atoms with van der Waals surface area (Å²) in [4.78, 5) is 30.3. The lowest BCUT2D eigenvalue weighted by Gasteiger charge is -2.26. The molecule has 38 heavy (non-hydrogen) atoms. The third-order valence-electron chi connectivity index (χ3n) is 6.65. The van der Waals surface area contributed by atoms with Crippen molar-refractivity contribution in [2.24, 2.45) is 0 Å². The standard InChI is InChI=1S/C30H36N2O6/c1-6-15-37-24-12-9-20(18-25(24)36-7-2)27-26(29(34)30(35)32(27)14-8-13-31(4)5)28(33)21-10-11-23-22(17-21)16-19(3)38-23/h6,9-12,17-19,27,33H,1,7-8,13-16H2,2-5H3/t19-,27-/m0/s1. The summed E-state index contributed by atoms with van der Waals surface area (Å²) >= 11 is 0. The van der Waals surface area contributed by atoms with Gasteiger partial charge in [-0.15, -0.1) is 0 Å². The van der Waals surface area contributed by atoms with Crippen molar-refractivity contribution in [2.75, 3.05) is 40.4 Å². The lowest BCUT2D eigenvalue weighted by Crippen LogP contribution is -2.32. The van der Waals surface area contributed by atoms with E-state index < -0.39 is 17.7 Å². The van der Waals surface area contributed by atoms with Crippen molar-refractivity contribution in [3.05, 3.63) is 71.3 Å². The second kappa shape index (κ2) is 11.7. The van der Waals surface area contributed by atoms with Crippen molar-refractivity contribution in [2.45, 2.75) is 38.8 Å². The summed E-state index contributed by atoms with van der Waals surface area (Å²) in [7, 11) is 3.92. The summed E-state index contributed by atoms with van der Waals surface area (Å²) in [6.45, 7) is 9.37. The number of ether oxygens (including phenoxy) is 3. The van der Waals surface area contributed by atoms with Gasteiger partial charge in [-0.3, -0.25) is 9.59 Å². The van der Waals surface area contributed by atoms with Gasteiger partial charge in [-0.2, -0.15) is 0 Å². The van der Waals surface area contributed by atoms with Gasteiger partial charge in [0.15, 0.2) is 11.5 Å². The van der Waals surface area contributed by atoms with Crippen LogP contribution in [0.2, 0.25) is 0 Å². The zero-order valence-corrected chi connectivity index (χ0v) is 22.5. The molecule has 0 spiro atoms. The number of aliphatic hydroxyl groups excluding tert-OH is 1. The molecule has 2 aromatic carbocycles. The molecular weight excluding hydrogens is 484 g/mol. The first-order valence-corrected chi connectivity index (χ1v) is 13.0. The lowest BCUT2D eigenvalue weighted by molar-refractivity contribution is -0.139. The Morgan fingerprint density at radius 1 is 1.18 bits per heavy atom. The van der Waals surface area contributed by atoms with Gasteiger partial charge in [0.25, 0.3) is 11.7 Å². The number of likely N-dealkylation sites (tertiary alicyclic amines) is 1. The van der Waals surface area contributed by atoms with Crippen LogP contribution < -0.4 is 14.2 Å². The SMILES string of the molecule is C=CCOc1ccc([C@H]2C(=C(O)c3ccc4c(c3)C[C@H](C)O4)C(=O)C(=O)N2CCCN(C)C)cc1OCC. The second-order valence-electron chi connectivity index (χ2n) is 9.84. The molecule has 2 heterocycles. The predicted molar refractivity (Wildman–Crippen MR) is 146 cm³/mol. The van der Waals surface area contributed by atoms with E-state index in [9.17, 15) is 14.7 Å². The average molecular weight is 521 g/mol. The number of hydrogen-bond acceptors (Lipinski definition) is 7. The van der Waals surface area contributed by atoms with E-state index in [-0.39, 0.29) is 17.4 Å². The van der Waals surface area contributed by atoms with Crippen molar-refractivity contribution in [1.29, 1.82) is 0 Å². The van der Waals surface area contributed by atoms with Crippen LogP contribution >= 0.6 is 0 Å². The van der Waals surface area contributed by atoms with Gasteiger partial charge in [0.1, 0.15) is 24.2 Å². The Labute approximate surface area is 224 Å². The van der Waals surface area contributed by atoms with E-state index in [0.29, 0.717) is 55.2 Å². The number of ketones is 1. The van der Waals surface area contributed by atoms with E-state index in [1.807, 2.05) is 45.0 Å². The molecule has 0 aliphatic carbocycles. The fourth-order valence-electron chi connectivity index (χ4n) is 4.97. The molecule has 202 valence electrons. The molecule has 0 bridgehead atoms. The predicted octanol–water partition coefficient (Wildman–Crippen LogP) is 4.35. The Balaban J connectivity index is 1.81. The van der Waals surface area contributed by atoms with E-state index in [0.717, 1.165) is 17.9 Å². The zero-order chi connectivity index (χ0) is 27.4. The van der Waals surface area contributed by atoms with Crippen LogP contribution in [0.5, 0.6) is 17.2 Å². The maximum absolute atomic E-state index is 13.4. The van der Waals surface area contributed by atoms with Crippen LogP contribution in [-0.4, -0.2) is 73.1 Å². The van der Waals surface area contributed by atoms with Crippen molar-refractivity contribution in [3.63, 3.8) is 0 Å². The summed E-state index contributed by atoms with van der Waals surface area (Å²) in [6, 6.07) is 9.94. The summed E-state index contributed by atoms with van der Waals surface area (Å²) in [5, 5.41) is 11.5. The fourth-order valence-corrected chi connectivity index (χ4v) is 4.97. The van der Waals surface area contributed by atoms with Gasteiger partial charge in [0.05, 0.1) is 18.2 Å². The van der Waals surface area contributed by atoms with Gasteiger partial charge in [-0.05, 0) is 82.4 Å². The number of hydrogen-bond donors (Lipinski definition) is 1. The fraction of sp³-hybridized carbons (Fsp3) is 0.400. The highest BCUT2D eigenvalue weighted by molar-refractivity contribution is 6.46. The molecule has 0 radical (unpaired) electrons. The Morgan fingerprint density at radius 3 is 2.68 bits per heavy atom. The number of nitrogens with zero attached hydrogens (tertiary/aromatic N) is 2. The molecule has 8 nitrogen and oxygen atoms in total. The first kappa shape index (κ1) is 27.3. The van der Waals surface area contributed by atoms with E-state index in [4.69, 9.17) is 14.2 Å². The van der Waals surface area contributed by atoms with Crippen LogP contribution in [0, 0.1) is 0 Å². The smallest absolute Gasteiger partial charge is 0.295 e. The highest BCUT2D eigenvalue weighted by atomic mass is 16.5. The van der Waals surface area contributed by atoms with Crippen LogP contribution in [0.3, 0.4) is 0 Å². The number of carbonyl (C=O) groups is 2. The highest BCUT2D eigenvalue weighted by Gasteiger charge is 2.46. The Bertz CT molecular complexity index is 1250. The number of benzene rings is 2. The maximum Gasteiger partial charge on any atom is 0.295 e. The second-order valence-corrected chi connectivity index (χ2v) is 9.84. The minimum atomic E-state index is -0.770. The average Bonchev–Trinajstić information content (AvgIpc) is 3.38. The molecule has 4 rings (SSSR count). The molecule has 1 amide bonds. The maximum atomic E-state index is 13.4. The van der Waals surface area contributed by atoms with Gasteiger partial charge in [-0.1, -0.05) is 18.7 Å². The van der Waals surface area contributed by atoms with E-state index in [1.165, 1.54) is 0 Å². The first-order valence-electron chi connectivity index (χ1n) is 13.0. The van der Waals surface area contributed by atoms with Crippen LogP contribution in [0.15, 0.2) is 54.6 Å². The van der Waals surface area contributed by atoms with Crippen LogP contribution in [0.4, 0.5) is 0 Å². The topological polar surface area (TPSA) is 88.5 Å². The molecule has 2 aliphatic rings. The molecule has 2 aliphatic heterocycles. The minimum absolute atomic E-state index is 0.0449. The van der Waals surface area contributed by atoms with Crippen LogP contribution in [0.25, 0.3) is 5.76 Å². The monoisotopic (exact) mass is 520 g/mol. The van der Waals surface area contributed by atoms with Crippen molar-refractivity contribution >= 4 is 17.4 Å². The van der Waals surface area contributed by atoms with Crippen LogP contribution in [-0.2, 0) is 16.0 Å². The highest BCUT2D eigenvalue weighted by Crippen LogP contribution is 2.43. The molecule has 1 saturated heterocycles. The van der Waals surface area contributed by atoms with Gasteiger partial charge in [0, 0.05) is 18.5 Å². The van der Waals surface area contributed by atoms with Gasteiger partial charge < -0.3 is 29.1 Å². The zero-order valence-electron chi connectivity index (χ0n) is 22.5. The Morgan fingerprint density at radius 2 is 1.97 bits per heavy atom. The molecule has 1 fully saturated rings. The number of amides is 1. The van der Waals surface area contributed by atoms with Crippen molar-refractivity contribution in [1.82, 2.24) is 9.80 Å². The number of aliphatic hydroxyl groups is 1. The molecule has 1 N–H and O–H groups in total. The summed E-state index contributed by atoms with van der Waals surface area (Å²) < 4.78 is 17.4. The number of carbonyl (C=O) groups excluding carboxylic acids is 2. The number of fused-ring (bicyclic) bond motifs is 1. The van der Waals surface area contributed by atoms with Gasteiger partial charge in [0.2, 0.25) is 0 Å². The van der Waals surface area contributed by atoms with Crippen molar-refractivity contribution in [3.8, 4) is 17.2 Å². The molecule has 8 heteroatoms. The third-order valence-corrected chi connectivity index (χ3v) is 6.65. The minimum Gasteiger partial charge on any atom is -0.507 e. The van der Waals surface area contributed by atoms with Gasteiger partial charge in [-0.25, -0.2) is 0 Å². The lowest BCUT2D eigenvalue weighted by atomic mass is 9.94. The Hall–Kier alpha value is -3.78.